The maximum absolute atomic E-state index is 12.7. The third-order valence-corrected chi connectivity index (χ3v) is 6.27. The molecule has 2 aromatic rings. The SMILES string of the molecule is Cc1conc1NC(=O)C1CCN(S(=O)(=O)c2cn(C)c(C)n2)CC1. The normalized spacial score (nSPS) is 16.9. The zero-order chi connectivity index (χ0) is 18.2. The Morgan fingerprint density at radius 3 is 2.52 bits per heavy atom. The van der Waals surface area contributed by atoms with Crippen molar-refractivity contribution >= 4 is 21.7 Å². The number of carbonyl (C=O) groups excluding carboxylic acids is 1. The maximum atomic E-state index is 12.7. The van der Waals surface area contributed by atoms with E-state index in [-0.39, 0.29) is 29.9 Å². The summed E-state index contributed by atoms with van der Waals surface area (Å²) in [5.41, 5.74) is 0.749. The van der Waals surface area contributed by atoms with Crippen LogP contribution < -0.4 is 5.32 Å². The van der Waals surface area contributed by atoms with E-state index < -0.39 is 10.0 Å². The number of piperidine rings is 1. The van der Waals surface area contributed by atoms with Gasteiger partial charge >= 0.3 is 0 Å². The first kappa shape index (κ1) is 17.6. The molecule has 2 aromatic heterocycles. The summed E-state index contributed by atoms with van der Waals surface area (Å²) >= 11 is 0. The molecule has 0 atom stereocenters. The number of amides is 1. The highest BCUT2D eigenvalue weighted by atomic mass is 32.2. The minimum Gasteiger partial charge on any atom is -0.362 e. The van der Waals surface area contributed by atoms with Crippen molar-refractivity contribution in [2.24, 2.45) is 13.0 Å². The van der Waals surface area contributed by atoms with E-state index in [0.717, 1.165) is 5.56 Å². The molecule has 0 bridgehead atoms. The fourth-order valence-electron chi connectivity index (χ4n) is 2.77. The molecule has 0 spiro atoms. The van der Waals surface area contributed by atoms with Crippen LogP contribution in [0.2, 0.25) is 0 Å². The van der Waals surface area contributed by atoms with E-state index in [1.165, 1.54) is 16.8 Å². The van der Waals surface area contributed by atoms with Gasteiger partial charge in [0.2, 0.25) is 5.91 Å². The van der Waals surface area contributed by atoms with Crippen molar-refractivity contribution in [2.45, 2.75) is 31.7 Å². The van der Waals surface area contributed by atoms with E-state index in [0.29, 0.717) is 24.5 Å². The monoisotopic (exact) mass is 367 g/mol. The maximum Gasteiger partial charge on any atom is 0.262 e. The van der Waals surface area contributed by atoms with E-state index >= 15 is 0 Å². The molecule has 136 valence electrons. The topological polar surface area (TPSA) is 110 Å². The number of hydrogen-bond donors (Lipinski definition) is 1. The van der Waals surface area contributed by atoms with Crippen molar-refractivity contribution in [3.05, 3.63) is 23.8 Å². The Morgan fingerprint density at radius 1 is 1.32 bits per heavy atom. The highest BCUT2D eigenvalue weighted by Crippen LogP contribution is 2.24. The van der Waals surface area contributed by atoms with Crippen LogP contribution in [0, 0.1) is 19.8 Å². The van der Waals surface area contributed by atoms with Gasteiger partial charge in [0.1, 0.15) is 12.1 Å². The number of anilines is 1. The first-order valence-electron chi connectivity index (χ1n) is 8.01. The average Bonchev–Trinajstić information content (AvgIpc) is 3.14. The number of sulfonamides is 1. The van der Waals surface area contributed by atoms with Gasteiger partial charge in [-0.2, -0.15) is 4.31 Å². The summed E-state index contributed by atoms with van der Waals surface area (Å²) in [6, 6.07) is 0. The summed E-state index contributed by atoms with van der Waals surface area (Å²) in [4.78, 5) is 16.4. The lowest BCUT2D eigenvalue weighted by Crippen LogP contribution is -2.41. The van der Waals surface area contributed by atoms with Gasteiger partial charge in [-0.3, -0.25) is 4.79 Å². The Morgan fingerprint density at radius 2 is 2.00 bits per heavy atom. The standard InChI is InChI=1S/C15H21N5O4S/c1-10-9-24-18-14(10)17-15(21)12-4-6-20(7-5-12)25(22,23)13-8-19(3)11(2)16-13/h8-9,12H,4-7H2,1-3H3,(H,17,18,21). The first-order valence-corrected chi connectivity index (χ1v) is 9.45. The Kier molecular flexibility index (Phi) is 4.65. The van der Waals surface area contributed by atoms with E-state index in [1.807, 2.05) is 0 Å². The number of carbonyl (C=O) groups is 1. The molecule has 1 N–H and O–H groups in total. The molecule has 0 unspecified atom stereocenters. The molecule has 0 radical (unpaired) electrons. The molecule has 1 aliphatic rings. The highest BCUT2D eigenvalue weighted by Gasteiger charge is 2.33. The van der Waals surface area contributed by atoms with Crippen molar-refractivity contribution in [2.75, 3.05) is 18.4 Å². The van der Waals surface area contributed by atoms with Crippen LogP contribution in [-0.2, 0) is 21.9 Å². The molecular weight excluding hydrogens is 346 g/mol. The largest absolute Gasteiger partial charge is 0.362 e. The van der Waals surface area contributed by atoms with Gasteiger partial charge in [-0.05, 0) is 26.7 Å². The van der Waals surface area contributed by atoms with E-state index in [2.05, 4.69) is 15.5 Å². The van der Waals surface area contributed by atoms with Crippen LogP contribution in [0.15, 0.2) is 22.0 Å². The molecule has 9 nitrogen and oxygen atoms in total. The fourth-order valence-corrected chi connectivity index (χ4v) is 4.26. The van der Waals surface area contributed by atoms with Crippen molar-refractivity contribution in [1.29, 1.82) is 0 Å². The van der Waals surface area contributed by atoms with Crippen LogP contribution >= 0.6 is 0 Å². The predicted molar refractivity (Wildman–Crippen MR) is 89.3 cm³/mol. The molecule has 1 aliphatic heterocycles. The molecule has 1 amide bonds. The fraction of sp³-hybridized carbons (Fsp3) is 0.533. The van der Waals surface area contributed by atoms with E-state index in [4.69, 9.17) is 4.52 Å². The van der Waals surface area contributed by atoms with Crippen LogP contribution in [0.1, 0.15) is 24.2 Å². The van der Waals surface area contributed by atoms with Gasteiger partial charge in [0, 0.05) is 37.8 Å². The van der Waals surface area contributed by atoms with E-state index in [9.17, 15) is 13.2 Å². The van der Waals surface area contributed by atoms with Crippen molar-refractivity contribution < 1.29 is 17.7 Å². The third kappa shape index (κ3) is 3.45. The summed E-state index contributed by atoms with van der Waals surface area (Å²) in [5, 5.41) is 6.51. The lowest BCUT2D eigenvalue weighted by atomic mass is 9.97. The number of hydrogen-bond acceptors (Lipinski definition) is 6. The number of imidazole rings is 1. The number of aromatic nitrogens is 3. The molecule has 1 saturated heterocycles. The van der Waals surface area contributed by atoms with Gasteiger partial charge in [0.05, 0.1) is 0 Å². The average molecular weight is 367 g/mol. The van der Waals surface area contributed by atoms with Crippen LogP contribution in [-0.4, -0.2) is 46.4 Å². The minimum atomic E-state index is -3.63. The van der Waals surface area contributed by atoms with Gasteiger partial charge in [-0.15, -0.1) is 0 Å². The van der Waals surface area contributed by atoms with Crippen LogP contribution in [0.3, 0.4) is 0 Å². The predicted octanol–water partition coefficient (Wildman–Crippen LogP) is 1.06. The second-order valence-electron chi connectivity index (χ2n) is 6.25. The highest BCUT2D eigenvalue weighted by molar-refractivity contribution is 7.89. The Balaban J connectivity index is 1.63. The van der Waals surface area contributed by atoms with Crippen molar-refractivity contribution in [1.82, 2.24) is 19.0 Å². The second-order valence-corrected chi connectivity index (χ2v) is 8.14. The summed E-state index contributed by atoms with van der Waals surface area (Å²) in [6.07, 6.45) is 3.87. The zero-order valence-corrected chi connectivity index (χ0v) is 15.2. The molecule has 25 heavy (non-hydrogen) atoms. The van der Waals surface area contributed by atoms with Gasteiger partial charge < -0.3 is 14.4 Å². The molecular formula is C15H21N5O4S. The summed E-state index contributed by atoms with van der Waals surface area (Å²) in [5.74, 6) is 0.621. The summed E-state index contributed by atoms with van der Waals surface area (Å²) in [6.45, 7) is 4.11. The second kappa shape index (κ2) is 6.60. The van der Waals surface area contributed by atoms with Crippen molar-refractivity contribution in [3.63, 3.8) is 0 Å². The summed E-state index contributed by atoms with van der Waals surface area (Å²) in [7, 11) is -1.87. The zero-order valence-electron chi connectivity index (χ0n) is 14.4. The molecule has 3 rings (SSSR count). The third-order valence-electron chi connectivity index (χ3n) is 4.50. The molecule has 0 saturated carbocycles. The summed E-state index contributed by atoms with van der Waals surface area (Å²) < 4.78 is 33.2. The Hall–Kier alpha value is -2.20. The molecule has 0 aliphatic carbocycles. The number of nitrogens with zero attached hydrogens (tertiary/aromatic N) is 4. The lowest BCUT2D eigenvalue weighted by molar-refractivity contribution is -0.121. The van der Waals surface area contributed by atoms with Gasteiger partial charge in [0.25, 0.3) is 10.0 Å². The minimum absolute atomic E-state index is 0.0497. The quantitative estimate of drug-likeness (QED) is 0.865. The molecule has 0 aromatic carbocycles. The number of rotatable bonds is 4. The Labute approximate surface area is 146 Å². The van der Waals surface area contributed by atoms with Crippen LogP contribution in [0.25, 0.3) is 0 Å². The number of nitrogens with one attached hydrogen (secondary N) is 1. The van der Waals surface area contributed by atoms with Gasteiger partial charge in [-0.25, -0.2) is 13.4 Å². The molecule has 3 heterocycles. The smallest absolute Gasteiger partial charge is 0.262 e. The van der Waals surface area contributed by atoms with Crippen LogP contribution in [0.5, 0.6) is 0 Å². The first-order chi connectivity index (χ1) is 11.8. The van der Waals surface area contributed by atoms with Gasteiger partial charge in [-0.1, -0.05) is 5.16 Å². The van der Waals surface area contributed by atoms with Gasteiger partial charge in [0.15, 0.2) is 10.8 Å². The van der Waals surface area contributed by atoms with E-state index in [1.54, 1.807) is 25.5 Å². The lowest BCUT2D eigenvalue weighted by Gasteiger charge is -2.29. The molecule has 10 heteroatoms. The van der Waals surface area contributed by atoms with Crippen LogP contribution in [0.4, 0.5) is 5.82 Å². The number of aryl methyl sites for hydroxylation is 3. The van der Waals surface area contributed by atoms with Crippen molar-refractivity contribution in [3.8, 4) is 0 Å². The Bertz CT molecular complexity index is 858. The molecule has 1 fully saturated rings.